The Morgan fingerprint density at radius 1 is 1.18 bits per heavy atom. The Bertz CT molecular complexity index is 143. The molecule has 1 saturated carbocycles. The molecule has 64 valence electrons. The molecule has 1 atom stereocenters. The largest absolute Gasteiger partial charge is 0.391 e. The molecule has 1 N–H and O–H groups in total. The number of rotatable bonds is 0. The van der Waals surface area contributed by atoms with E-state index in [9.17, 15) is 5.11 Å². The van der Waals surface area contributed by atoms with Crippen molar-refractivity contribution in [2.75, 3.05) is 11.5 Å². The predicted octanol–water partition coefficient (Wildman–Crippen LogP) is 2.10. The molecule has 3 heteroatoms. The Morgan fingerprint density at radius 3 is 2.55 bits per heavy atom. The zero-order chi connectivity index (χ0) is 7.73. The molecule has 1 heterocycles. The van der Waals surface area contributed by atoms with Gasteiger partial charge >= 0.3 is 0 Å². The van der Waals surface area contributed by atoms with Crippen LogP contribution >= 0.6 is 23.5 Å². The van der Waals surface area contributed by atoms with Crippen molar-refractivity contribution in [3.05, 3.63) is 0 Å². The average Bonchev–Trinajstić information content (AvgIpc) is 2.46. The van der Waals surface area contributed by atoms with Crippen molar-refractivity contribution >= 4 is 23.5 Å². The lowest BCUT2D eigenvalue weighted by Gasteiger charge is -2.36. The molecule has 0 aromatic heterocycles. The molecule has 0 aromatic rings. The summed E-state index contributed by atoms with van der Waals surface area (Å²) in [5.74, 6) is 2.48. The molecule has 2 rings (SSSR count). The average molecular weight is 190 g/mol. The van der Waals surface area contributed by atoms with Gasteiger partial charge in [-0.1, -0.05) is 12.8 Å². The van der Waals surface area contributed by atoms with Crippen LogP contribution in [-0.4, -0.2) is 26.8 Å². The first-order valence-electron chi connectivity index (χ1n) is 4.29. The highest BCUT2D eigenvalue weighted by Crippen LogP contribution is 2.52. The van der Waals surface area contributed by atoms with Gasteiger partial charge in [0.2, 0.25) is 0 Å². The molecule has 0 radical (unpaired) electrons. The summed E-state index contributed by atoms with van der Waals surface area (Å²) in [6, 6.07) is 0. The summed E-state index contributed by atoms with van der Waals surface area (Å²) in [7, 11) is 0. The quantitative estimate of drug-likeness (QED) is 0.631. The van der Waals surface area contributed by atoms with E-state index in [-0.39, 0.29) is 10.2 Å². The molecular formula is C8H14OS2. The topological polar surface area (TPSA) is 20.2 Å². The van der Waals surface area contributed by atoms with Crippen LogP contribution in [0.1, 0.15) is 25.7 Å². The van der Waals surface area contributed by atoms with Crippen molar-refractivity contribution in [2.24, 2.45) is 0 Å². The van der Waals surface area contributed by atoms with Crippen LogP contribution in [0.5, 0.6) is 0 Å². The van der Waals surface area contributed by atoms with Crippen molar-refractivity contribution in [1.29, 1.82) is 0 Å². The molecule has 0 bridgehead atoms. The van der Waals surface area contributed by atoms with E-state index >= 15 is 0 Å². The summed E-state index contributed by atoms with van der Waals surface area (Å²) < 4.78 is 0.220. The fraction of sp³-hybridized carbons (Fsp3) is 1.00. The molecule has 1 nitrogen and oxygen atoms in total. The highest BCUT2D eigenvalue weighted by molar-refractivity contribution is 8.21. The number of hydrogen-bond donors (Lipinski definition) is 1. The summed E-state index contributed by atoms with van der Waals surface area (Å²) in [5.41, 5.74) is 0. The van der Waals surface area contributed by atoms with E-state index < -0.39 is 0 Å². The van der Waals surface area contributed by atoms with Gasteiger partial charge in [-0.25, -0.2) is 0 Å². The number of aliphatic hydroxyl groups is 1. The molecule has 0 amide bonds. The Kier molecular flexibility index (Phi) is 2.40. The van der Waals surface area contributed by atoms with Gasteiger partial charge < -0.3 is 5.11 Å². The van der Waals surface area contributed by atoms with Crippen LogP contribution < -0.4 is 0 Å². The normalized spacial score (nSPS) is 36.3. The Labute approximate surface area is 76.3 Å². The monoisotopic (exact) mass is 190 g/mol. The Morgan fingerprint density at radius 2 is 1.91 bits per heavy atom. The fourth-order valence-electron chi connectivity index (χ4n) is 1.90. The SMILES string of the molecule is O[C@H]1CCCCC12SCCS2. The fourth-order valence-corrected chi connectivity index (χ4v) is 5.29. The molecule has 11 heavy (non-hydrogen) atoms. The summed E-state index contributed by atoms with van der Waals surface area (Å²) in [6.45, 7) is 0. The minimum Gasteiger partial charge on any atom is -0.391 e. The summed E-state index contributed by atoms with van der Waals surface area (Å²) in [5, 5.41) is 9.82. The first-order chi connectivity index (χ1) is 5.33. The first-order valence-corrected chi connectivity index (χ1v) is 6.27. The number of thioether (sulfide) groups is 2. The second kappa shape index (κ2) is 3.19. The molecule has 2 aliphatic rings. The van der Waals surface area contributed by atoms with Gasteiger partial charge in [0.15, 0.2) is 0 Å². The Hall–Kier alpha value is 0.660. The highest BCUT2D eigenvalue weighted by atomic mass is 32.2. The smallest absolute Gasteiger partial charge is 0.0869 e. The van der Waals surface area contributed by atoms with E-state index in [1.807, 2.05) is 23.5 Å². The van der Waals surface area contributed by atoms with E-state index in [1.165, 1.54) is 30.8 Å². The minimum absolute atomic E-state index is 0.0336. The standard InChI is InChI=1S/C8H14OS2/c9-7-3-1-2-4-8(7)10-5-6-11-8/h7,9H,1-6H2/t7-/m0/s1. The molecule has 1 aliphatic heterocycles. The molecular weight excluding hydrogens is 176 g/mol. The van der Waals surface area contributed by atoms with Crippen molar-refractivity contribution in [3.8, 4) is 0 Å². The molecule has 0 aromatic carbocycles. The zero-order valence-corrected chi connectivity index (χ0v) is 8.22. The second-order valence-corrected chi connectivity index (χ2v) is 6.38. The third-order valence-corrected chi connectivity index (χ3v) is 6.25. The van der Waals surface area contributed by atoms with Crippen LogP contribution in [0.3, 0.4) is 0 Å². The van der Waals surface area contributed by atoms with Crippen molar-refractivity contribution < 1.29 is 5.11 Å². The predicted molar refractivity (Wildman–Crippen MR) is 52.1 cm³/mol. The molecule has 0 unspecified atom stereocenters. The van der Waals surface area contributed by atoms with Gasteiger partial charge in [-0.3, -0.25) is 0 Å². The van der Waals surface area contributed by atoms with Gasteiger partial charge in [-0.15, -0.1) is 23.5 Å². The van der Waals surface area contributed by atoms with Crippen molar-refractivity contribution in [1.82, 2.24) is 0 Å². The van der Waals surface area contributed by atoms with Crippen LogP contribution in [0.15, 0.2) is 0 Å². The lowest BCUT2D eigenvalue weighted by molar-refractivity contribution is 0.126. The van der Waals surface area contributed by atoms with E-state index in [0.29, 0.717) is 0 Å². The Balaban J connectivity index is 2.07. The molecule has 2 fully saturated rings. The lowest BCUT2D eigenvalue weighted by Crippen LogP contribution is -2.36. The van der Waals surface area contributed by atoms with E-state index in [0.717, 1.165) is 6.42 Å². The third kappa shape index (κ3) is 1.43. The maximum absolute atomic E-state index is 9.82. The van der Waals surface area contributed by atoms with Crippen LogP contribution in [0.25, 0.3) is 0 Å². The molecule has 1 saturated heterocycles. The van der Waals surface area contributed by atoms with Crippen molar-refractivity contribution in [3.63, 3.8) is 0 Å². The van der Waals surface area contributed by atoms with Crippen LogP contribution in [0.4, 0.5) is 0 Å². The van der Waals surface area contributed by atoms with Crippen molar-refractivity contribution in [2.45, 2.75) is 35.9 Å². The second-order valence-electron chi connectivity index (χ2n) is 3.27. The van der Waals surface area contributed by atoms with Gasteiger partial charge in [-0.05, 0) is 12.8 Å². The van der Waals surface area contributed by atoms with Gasteiger partial charge in [0.1, 0.15) is 0 Å². The number of hydrogen-bond acceptors (Lipinski definition) is 3. The van der Waals surface area contributed by atoms with Gasteiger partial charge in [-0.2, -0.15) is 0 Å². The van der Waals surface area contributed by atoms with Gasteiger partial charge in [0.05, 0.1) is 10.2 Å². The van der Waals surface area contributed by atoms with E-state index in [4.69, 9.17) is 0 Å². The van der Waals surface area contributed by atoms with Crippen LogP contribution in [0, 0.1) is 0 Å². The maximum atomic E-state index is 9.82. The maximum Gasteiger partial charge on any atom is 0.0869 e. The number of aliphatic hydroxyl groups excluding tert-OH is 1. The minimum atomic E-state index is -0.0336. The zero-order valence-electron chi connectivity index (χ0n) is 6.58. The van der Waals surface area contributed by atoms with Crippen LogP contribution in [-0.2, 0) is 0 Å². The first kappa shape index (κ1) is 8.27. The van der Waals surface area contributed by atoms with E-state index in [2.05, 4.69) is 0 Å². The highest BCUT2D eigenvalue weighted by Gasteiger charge is 2.43. The third-order valence-electron chi connectivity index (χ3n) is 2.54. The molecule has 1 spiro atoms. The van der Waals surface area contributed by atoms with Gasteiger partial charge in [0, 0.05) is 11.5 Å². The lowest BCUT2D eigenvalue weighted by atomic mass is 9.97. The van der Waals surface area contributed by atoms with Gasteiger partial charge in [0.25, 0.3) is 0 Å². The summed E-state index contributed by atoms with van der Waals surface area (Å²) >= 11 is 3.97. The van der Waals surface area contributed by atoms with Crippen LogP contribution in [0.2, 0.25) is 0 Å². The molecule has 1 aliphatic carbocycles. The van der Waals surface area contributed by atoms with E-state index in [1.54, 1.807) is 0 Å². The summed E-state index contributed by atoms with van der Waals surface area (Å²) in [4.78, 5) is 0. The summed E-state index contributed by atoms with van der Waals surface area (Å²) in [6.07, 6.45) is 4.76.